The van der Waals surface area contributed by atoms with E-state index in [4.69, 9.17) is 44.5 Å². The summed E-state index contributed by atoms with van der Waals surface area (Å²) in [5.41, 5.74) is 2.96. The van der Waals surface area contributed by atoms with Crippen molar-refractivity contribution < 1.29 is 13.2 Å². The van der Waals surface area contributed by atoms with Gasteiger partial charge in [0.1, 0.15) is 4.90 Å². The fourth-order valence-corrected chi connectivity index (χ4v) is 7.27. The fraction of sp³-hybridized carbons (Fsp3) is 0.333. The zero-order valence-electron chi connectivity index (χ0n) is 19.3. The summed E-state index contributed by atoms with van der Waals surface area (Å²) in [5, 5.41) is 0.290. The van der Waals surface area contributed by atoms with Crippen molar-refractivity contribution in [1.29, 1.82) is 0 Å². The topological polar surface area (TPSA) is 78.9 Å². The summed E-state index contributed by atoms with van der Waals surface area (Å²) in [4.78, 5) is 13.3. The molecule has 0 saturated carbocycles. The maximum atomic E-state index is 13.2. The van der Waals surface area contributed by atoms with Crippen molar-refractivity contribution in [3.05, 3.63) is 63.7 Å². The number of hydrogen-bond acceptors (Lipinski definition) is 7. The summed E-state index contributed by atoms with van der Waals surface area (Å²) < 4.78 is 33.2. The molecule has 0 amide bonds. The Balaban J connectivity index is 1.28. The highest BCUT2D eigenvalue weighted by Gasteiger charge is 2.33. The Kier molecular flexibility index (Phi) is 7.57. The van der Waals surface area contributed by atoms with Crippen molar-refractivity contribution in [2.24, 2.45) is 0 Å². The molecule has 0 bridgehead atoms. The number of benzene rings is 2. The standard InChI is InChI=1S/C24H24Cl3N5O3S/c25-18-15-20(26)23(21(27)16-18)36(33,34)32-9-7-31(8-10-32)24-28-6-5-22(29-24)17-1-3-19(4-2-17)30-11-13-35-14-12-30/h1-6,15-16H,7-14H2. The third-order valence-corrected chi connectivity index (χ3v) is 9.30. The number of halogens is 3. The summed E-state index contributed by atoms with van der Waals surface area (Å²) >= 11 is 18.3. The fourth-order valence-electron chi connectivity index (χ4n) is 4.36. The number of anilines is 2. The van der Waals surface area contributed by atoms with Gasteiger partial charge in [0.2, 0.25) is 16.0 Å². The smallest absolute Gasteiger partial charge is 0.246 e. The second-order valence-electron chi connectivity index (χ2n) is 8.48. The average molecular weight is 569 g/mol. The van der Waals surface area contributed by atoms with Crippen molar-refractivity contribution in [2.45, 2.75) is 4.90 Å². The van der Waals surface area contributed by atoms with E-state index in [1.54, 1.807) is 6.20 Å². The van der Waals surface area contributed by atoms with Crippen molar-refractivity contribution in [3.63, 3.8) is 0 Å². The Hall–Kier alpha value is -2.14. The van der Waals surface area contributed by atoms with Gasteiger partial charge >= 0.3 is 0 Å². The molecule has 0 radical (unpaired) electrons. The molecule has 2 aromatic carbocycles. The van der Waals surface area contributed by atoms with Crippen LogP contribution in [0, 0.1) is 0 Å². The molecule has 36 heavy (non-hydrogen) atoms. The van der Waals surface area contributed by atoms with E-state index in [2.05, 4.69) is 34.1 Å². The van der Waals surface area contributed by atoms with Gasteiger partial charge in [0.15, 0.2) is 0 Å². The molecule has 190 valence electrons. The molecular weight excluding hydrogens is 545 g/mol. The normalized spacial score (nSPS) is 17.4. The molecule has 5 rings (SSSR count). The van der Waals surface area contributed by atoms with Gasteiger partial charge in [-0.1, -0.05) is 46.9 Å². The maximum absolute atomic E-state index is 13.2. The van der Waals surface area contributed by atoms with Gasteiger partial charge in [-0.3, -0.25) is 0 Å². The Bertz CT molecular complexity index is 1320. The van der Waals surface area contributed by atoms with Crippen molar-refractivity contribution in [1.82, 2.24) is 14.3 Å². The Morgan fingerprint density at radius 3 is 2.08 bits per heavy atom. The molecule has 3 heterocycles. The van der Waals surface area contributed by atoms with E-state index in [0.29, 0.717) is 19.0 Å². The van der Waals surface area contributed by atoms with Crippen molar-refractivity contribution in [3.8, 4) is 11.3 Å². The van der Waals surface area contributed by atoms with Crippen molar-refractivity contribution in [2.75, 3.05) is 62.3 Å². The number of hydrogen-bond donors (Lipinski definition) is 0. The lowest BCUT2D eigenvalue weighted by Crippen LogP contribution is -2.49. The van der Waals surface area contributed by atoms with Gasteiger partial charge in [0.25, 0.3) is 0 Å². The van der Waals surface area contributed by atoms with Crippen LogP contribution in [0.3, 0.4) is 0 Å². The minimum Gasteiger partial charge on any atom is -0.378 e. The third kappa shape index (κ3) is 5.27. The van der Waals surface area contributed by atoms with Gasteiger partial charge < -0.3 is 14.5 Å². The van der Waals surface area contributed by atoms with Crippen LogP contribution in [0.5, 0.6) is 0 Å². The lowest BCUT2D eigenvalue weighted by Gasteiger charge is -2.34. The molecule has 8 nitrogen and oxygen atoms in total. The maximum Gasteiger partial charge on any atom is 0.246 e. The first-order valence-corrected chi connectivity index (χ1v) is 14.1. The SMILES string of the molecule is O=S(=O)(c1c(Cl)cc(Cl)cc1Cl)N1CCN(c2nccc(-c3ccc(N4CCOCC4)cc3)n2)CC1. The summed E-state index contributed by atoms with van der Waals surface area (Å²) in [6, 6.07) is 12.9. The molecule has 0 atom stereocenters. The second kappa shape index (κ2) is 10.7. The van der Waals surface area contributed by atoms with Crippen LogP contribution >= 0.6 is 34.8 Å². The van der Waals surface area contributed by atoms with Crippen LogP contribution in [0.2, 0.25) is 15.1 Å². The molecule has 0 spiro atoms. The van der Waals surface area contributed by atoms with Gasteiger partial charge in [0.05, 0.1) is 29.0 Å². The Morgan fingerprint density at radius 1 is 0.806 bits per heavy atom. The molecule has 12 heteroatoms. The molecule has 0 unspecified atom stereocenters. The molecule has 1 aromatic heterocycles. The van der Waals surface area contributed by atoms with Crippen LogP contribution in [0.25, 0.3) is 11.3 Å². The van der Waals surface area contributed by atoms with E-state index in [9.17, 15) is 8.42 Å². The number of piperazine rings is 1. The second-order valence-corrected chi connectivity index (χ2v) is 11.6. The number of nitrogens with zero attached hydrogens (tertiary/aromatic N) is 5. The molecule has 2 saturated heterocycles. The Morgan fingerprint density at radius 2 is 1.44 bits per heavy atom. The zero-order valence-corrected chi connectivity index (χ0v) is 22.4. The van der Waals surface area contributed by atoms with E-state index in [0.717, 1.165) is 43.2 Å². The Labute approximate surface area is 225 Å². The molecule has 2 aliphatic heterocycles. The summed E-state index contributed by atoms with van der Waals surface area (Å²) in [6.45, 7) is 4.61. The number of sulfonamides is 1. The van der Waals surface area contributed by atoms with Gasteiger partial charge in [-0.2, -0.15) is 4.31 Å². The van der Waals surface area contributed by atoms with Crippen LogP contribution < -0.4 is 9.80 Å². The van der Waals surface area contributed by atoms with Crippen LogP contribution in [0.4, 0.5) is 11.6 Å². The lowest BCUT2D eigenvalue weighted by molar-refractivity contribution is 0.122. The van der Waals surface area contributed by atoms with Gasteiger partial charge in [0, 0.05) is 61.7 Å². The minimum absolute atomic E-state index is 0.00519. The van der Waals surface area contributed by atoms with Crippen LogP contribution in [0.15, 0.2) is 53.6 Å². The van der Waals surface area contributed by atoms with Gasteiger partial charge in [-0.05, 0) is 30.3 Å². The average Bonchev–Trinajstić information content (AvgIpc) is 2.89. The summed E-state index contributed by atoms with van der Waals surface area (Å²) in [6.07, 6.45) is 1.73. The number of ether oxygens (including phenoxy) is 1. The zero-order chi connectivity index (χ0) is 25.3. The molecule has 0 N–H and O–H groups in total. The van der Waals surface area contributed by atoms with E-state index >= 15 is 0 Å². The largest absolute Gasteiger partial charge is 0.378 e. The lowest BCUT2D eigenvalue weighted by atomic mass is 10.1. The summed E-state index contributed by atoms with van der Waals surface area (Å²) in [5.74, 6) is 0.560. The first-order valence-electron chi connectivity index (χ1n) is 11.5. The molecule has 3 aromatic rings. The third-order valence-electron chi connectivity index (χ3n) is 6.26. The number of aromatic nitrogens is 2. The van der Waals surface area contributed by atoms with E-state index < -0.39 is 10.0 Å². The first-order chi connectivity index (χ1) is 17.3. The molecule has 2 fully saturated rings. The van der Waals surface area contributed by atoms with Crippen LogP contribution in [-0.4, -0.2) is 75.2 Å². The van der Waals surface area contributed by atoms with Crippen molar-refractivity contribution >= 4 is 56.5 Å². The monoisotopic (exact) mass is 567 g/mol. The van der Waals surface area contributed by atoms with Gasteiger partial charge in [-0.25, -0.2) is 18.4 Å². The molecular formula is C24H24Cl3N5O3S. The highest BCUT2D eigenvalue weighted by Crippen LogP contribution is 2.35. The molecule has 0 aliphatic carbocycles. The van der Waals surface area contributed by atoms with E-state index in [-0.39, 0.29) is 33.1 Å². The number of rotatable bonds is 5. The number of morpholine rings is 1. The first kappa shape index (κ1) is 25.5. The van der Waals surface area contributed by atoms with Gasteiger partial charge in [-0.15, -0.1) is 0 Å². The van der Waals surface area contributed by atoms with E-state index in [1.165, 1.54) is 16.4 Å². The predicted molar refractivity (Wildman–Crippen MR) is 143 cm³/mol. The quantitative estimate of drug-likeness (QED) is 0.450. The van der Waals surface area contributed by atoms with E-state index in [1.807, 2.05) is 11.0 Å². The summed E-state index contributed by atoms with van der Waals surface area (Å²) in [7, 11) is -3.88. The van der Waals surface area contributed by atoms with Crippen LogP contribution in [-0.2, 0) is 14.8 Å². The van der Waals surface area contributed by atoms with Crippen LogP contribution in [0.1, 0.15) is 0 Å². The minimum atomic E-state index is -3.88. The highest BCUT2D eigenvalue weighted by molar-refractivity contribution is 7.89. The molecule has 2 aliphatic rings. The highest BCUT2D eigenvalue weighted by atomic mass is 35.5. The predicted octanol–water partition coefficient (Wildman–Crippen LogP) is 4.45.